The minimum atomic E-state index is -0.956. The van der Waals surface area contributed by atoms with Crippen LogP contribution in [0.25, 0.3) is 0 Å². The van der Waals surface area contributed by atoms with E-state index in [4.69, 9.17) is 0 Å². The lowest BCUT2D eigenvalue weighted by Crippen LogP contribution is -2.15. The van der Waals surface area contributed by atoms with Gasteiger partial charge in [-0.1, -0.05) is 107 Å². The fraction of sp³-hybridized carbons (Fsp3) is 0.619. The summed E-state index contributed by atoms with van der Waals surface area (Å²) in [5.74, 6) is -0.142. The molecule has 5 heteroatoms. The molecule has 1 aromatic carbocycles. The minimum Gasteiger partial charge on any atom is -0.476 e. The molecule has 26 heavy (non-hydrogen) atoms. The Kier molecular flexibility index (Phi) is 13.7. The highest BCUT2D eigenvalue weighted by atomic mass is 32.2. The number of hydrogen-bond donors (Lipinski definition) is 2. The fourth-order valence-electron chi connectivity index (χ4n) is 2.70. The first-order chi connectivity index (χ1) is 12.7. The fourth-order valence-corrected chi connectivity index (χ4v) is 3.49. The van der Waals surface area contributed by atoms with Crippen LogP contribution in [0.15, 0.2) is 35.4 Å². The normalized spacial score (nSPS) is 11.5. The first kappa shape index (κ1) is 22.6. The Hall–Kier alpha value is -1.49. The molecule has 0 bridgehead atoms. The van der Waals surface area contributed by atoms with E-state index in [0.717, 1.165) is 17.7 Å². The van der Waals surface area contributed by atoms with Crippen molar-refractivity contribution >= 4 is 22.8 Å². The van der Waals surface area contributed by atoms with Crippen molar-refractivity contribution in [2.75, 3.05) is 5.75 Å². The van der Waals surface area contributed by atoms with E-state index < -0.39 is 5.97 Å². The Bertz CT molecular complexity index is 506. The Morgan fingerprint density at radius 2 is 1.54 bits per heavy atom. The maximum atomic E-state index is 11.3. The molecule has 146 valence electrons. The van der Waals surface area contributed by atoms with Gasteiger partial charge in [0.05, 0.1) is 6.54 Å². The summed E-state index contributed by atoms with van der Waals surface area (Å²) in [6, 6.07) is 9.84. The molecule has 0 saturated carbocycles. The number of thioether (sulfide) groups is 1. The van der Waals surface area contributed by atoms with Crippen molar-refractivity contribution in [2.24, 2.45) is 5.10 Å². The number of rotatable bonds is 14. The number of nitrogens with one attached hydrogen (secondary N) is 1. The van der Waals surface area contributed by atoms with Crippen molar-refractivity contribution in [1.29, 1.82) is 0 Å². The van der Waals surface area contributed by atoms with Crippen molar-refractivity contribution in [3.63, 3.8) is 0 Å². The van der Waals surface area contributed by atoms with Gasteiger partial charge in [0.1, 0.15) is 0 Å². The highest BCUT2D eigenvalue weighted by molar-refractivity contribution is 8.15. The van der Waals surface area contributed by atoms with Crippen LogP contribution >= 0.6 is 11.8 Å². The van der Waals surface area contributed by atoms with Crippen molar-refractivity contribution in [2.45, 2.75) is 77.7 Å². The number of carboxylic acid groups (broad SMARTS) is 1. The number of carboxylic acids is 1. The Morgan fingerprint density at radius 1 is 0.962 bits per heavy atom. The van der Waals surface area contributed by atoms with E-state index >= 15 is 0 Å². The van der Waals surface area contributed by atoms with Gasteiger partial charge < -0.3 is 10.5 Å². The van der Waals surface area contributed by atoms with Crippen LogP contribution in [0, 0.1) is 0 Å². The minimum absolute atomic E-state index is 0.150. The second-order valence-electron chi connectivity index (χ2n) is 6.57. The number of benzene rings is 1. The second-order valence-corrected chi connectivity index (χ2v) is 7.66. The molecule has 1 aromatic rings. The number of carbonyl (C=O) groups is 1. The van der Waals surface area contributed by atoms with Crippen LogP contribution in [0.4, 0.5) is 0 Å². The molecule has 0 heterocycles. The lowest BCUT2D eigenvalue weighted by molar-refractivity contribution is -0.129. The highest BCUT2D eigenvalue weighted by Crippen LogP contribution is 2.13. The highest BCUT2D eigenvalue weighted by Gasteiger charge is 2.09. The van der Waals surface area contributed by atoms with Gasteiger partial charge in [-0.25, -0.2) is 4.79 Å². The standard InChI is InChI=1S/C21H34N2O2S/c1-2-3-4-5-6-7-8-9-10-14-17-26-20(21(24)25)23-22-18-19-15-12-11-13-16-19/h11-13,15-16,22H,2-10,14,17-18H2,1H3,(H,24,25). The molecule has 0 fully saturated rings. The first-order valence-corrected chi connectivity index (χ1v) is 10.9. The molecule has 0 amide bonds. The van der Waals surface area contributed by atoms with Gasteiger partial charge in [-0.2, -0.15) is 5.10 Å². The van der Waals surface area contributed by atoms with Gasteiger partial charge in [0, 0.05) is 0 Å². The van der Waals surface area contributed by atoms with Crippen LogP contribution in [0.3, 0.4) is 0 Å². The molecule has 0 aliphatic rings. The average Bonchev–Trinajstić information content (AvgIpc) is 2.65. The third kappa shape index (κ3) is 12.0. The van der Waals surface area contributed by atoms with Gasteiger partial charge in [-0.15, -0.1) is 0 Å². The smallest absolute Gasteiger partial charge is 0.363 e. The maximum absolute atomic E-state index is 11.3. The largest absolute Gasteiger partial charge is 0.476 e. The molecule has 0 unspecified atom stereocenters. The Labute approximate surface area is 162 Å². The number of unbranched alkanes of at least 4 members (excludes halogenated alkanes) is 9. The van der Waals surface area contributed by atoms with Crippen LogP contribution < -0.4 is 5.43 Å². The molecule has 0 atom stereocenters. The summed E-state index contributed by atoms with van der Waals surface area (Å²) in [5.41, 5.74) is 3.94. The molecule has 0 aromatic heterocycles. The summed E-state index contributed by atoms with van der Waals surface area (Å²) >= 11 is 1.33. The lowest BCUT2D eigenvalue weighted by Gasteiger charge is -2.05. The van der Waals surface area contributed by atoms with Crippen molar-refractivity contribution in [1.82, 2.24) is 5.43 Å². The molecule has 0 radical (unpaired) electrons. The molecule has 0 saturated heterocycles. The van der Waals surface area contributed by atoms with Gasteiger partial charge >= 0.3 is 5.97 Å². The van der Waals surface area contributed by atoms with E-state index in [9.17, 15) is 9.90 Å². The summed E-state index contributed by atoms with van der Waals surface area (Å²) in [6.45, 7) is 2.79. The lowest BCUT2D eigenvalue weighted by atomic mass is 10.1. The van der Waals surface area contributed by atoms with E-state index in [0.29, 0.717) is 6.54 Å². The summed E-state index contributed by atoms with van der Waals surface area (Å²) in [5, 5.41) is 13.4. The monoisotopic (exact) mass is 378 g/mol. The summed E-state index contributed by atoms with van der Waals surface area (Å²) < 4.78 is 0. The first-order valence-electron chi connectivity index (χ1n) is 9.94. The summed E-state index contributed by atoms with van der Waals surface area (Å²) in [4.78, 5) is 11.3. The van der Waals surface area contributed by atoms with E-state index in [1.165, 1.54) is 69.5 Å². The predicted octanol–water partition coefficient (Wildman–Crippen LogP) is 5.83. The molecule has 0 aliphatic carbocycles. The topological polar surface area (TPSA) is 61.7 Å². The zero-order valence-electron chi connectivity index (χ0n) is 16.1. The van der Waals surface area contributed by atoms with Crippen LogP contribution in [0.1, 0.15) is 76.7 Å². The SMILES string of the molecule is CCCCCCCCCCCCSC(=NNCc1ccccc1)C(=O)O. The van der Waals surface area contributed by atoms with E-state index in [1.54, 1.807) is 0 Å². The molecule has 0 aliphatic heterocycles. The Balaban J connectivity index is 2.06. The number of hydrazone groups is 1. The van der Waals surface area contributed by atoms with Crippen LogP contribution in [-0.2, 0) is 11.3 Å². The molecule has 1 rings (SSSR count). The van der Waals surface area contributed by atoms with Crippen LogP contribution in [0.2, 0.25) is 0 Å². The van der Waals surface area contributed by atoms with Gasteiger partial charge in [0.25, 0.3) is 0 Å². The van der Waals surface area contributed by atoms with E-state index in [1.807, 2.05) is 30.3 Å². The van der Waals surface area contributed by atoms with E-state index in [2.05, 4.69) is 17.5 Å². The quantitative estimate of drug-likeness (QED) is 0.185. The molecule has 2 N–H and O–H groups in total. The zero-order chi connectivity index (χ0) is 18.9. The second kappa shape index (κ2) is 15.7. The predicted molar refractivity (Wildman–Crippen MR) is 113 cm³/mol. The van der Waals surface area contributed by atoms with Gasteiger partial charge in [0.2, 0.25) is 5.04 Å². The average molecular weight is 379 g/mol. The zero-order valence-corrected chi connectivity index (χ0v) is 16.9. The van der Waals surface area contributed by atoms with E-state index in [-0.39, 0.29) is 5.04 Å². The summed E-state index contributed by atoms with van der Waals surface area (Å²) in [7, 11) is 0. The maximum Gasteiger partial charge on any atom is 0.363 e. The van der Waals surface area contributed by atoms with Crippen molar-refractivity contribution in [3.8, 4) is 0 Å². The Morgan fingerprint density at radius 3 is 2.12 bits per heavy atom. The molecular weight excluding hydrogens is 344 g/mol. The molecular formula is C21H34N2O2S. The number of hydrogen-bond acceptors (Lipinski definition) is 4. The number of nitrogens with zero attached hydrogens (tertiary/aromatic N) is 1. The molecule has 0 spiro atoms. The summed E-state index contributed by atoms with van der Waals surface area (Å²) in [6.07, 6.45) is 12.9. The van der Waals surface area contributed by atoms with Crippen LogP contribution in [0.5, 0.6) is 0 Å². The van der Waals surface area contributed by atoms with Gasteiger partial charge in [0.15, 0.2) is 0 Å². The third-order valence-electron chi connectivity index (χ3n) is 4.23. The van der Waals surface area contributed by atoms with Crippen LogP contribution in [-0.4, -0.2) is 21.9 Å². The number of aliphatic carboxylic acids is 1. The third-order valence-corrected chi connectivity index (χ3v) is 5.26. The molecule has 4 nitrogen and oxygen atoms in total. The van der Waals surface area contributed by atoms with Gasteiger partial charge in [-0.3, -0.25) is 0 Å². The van der Waals surface area contributed by atoms with Crippen molar-refractivity contribution in [3.05, 3.63) is 35.9 Å². The van der Waals surface area contributed by atoms with Gasteiger partial charge in [-0.05, 0) is 17.7 Å². The van der Waals surface area contributed by atoms with Crippen molar-refractivity contribution < 1.29 is 9.90 Å².